The topological polar surface area (TPSA) is 96.3 Å². The van der Waals surface area contributed by atoms with Gasteiger partial charge in [0.2, 0.25) is 5.91 Å². The number of hydrogen-bond donors (Lipinski definition) is 2. The number of nitrogens with one attached hydrogen (secondary N) is 2. The molecule has 0 fully saturated rings. The van der Waals surface area contributed by atoms with E-state index in [9.17, 15) is 14.4 Å². The van der Waals surface area contributed by atoms with Crippen molar-refractivity contribution in [2.24, 2.45) is 5.92 Å². The Hall–Kier alpha value is -3.94. The van der Waals surface area contributed by atoms with Crippen molar-refractivity contribution in [2.45, 2.75) is 45.8 Å². The van der Waals surface area contributed by atoms with E-state index in [1.54, 1.807) is 9.58 Å². The first kappa shape index (κ1) is 25.2. The Balaban J connectivity index is 1.40. The Morgan fingerprint density at radius 2 is 1.64 bits per heavy atom. The van der Waals surface area contributed by atoms with E-state index < -0.39 is 11.9 Å². The van der Waals surface area contributed by atoms with Gasteiger partial charge in [-0.3, -0.25) is 19.1 Å². The molecule has 0 saturated heterocycles. The number of hydrogen-bond acceptors (Lipinski definition) is 4. The second-order valence-electron chi connectivity index (χ2n) is 9.43. The third-order valence-corrected chi connectivity index (χ3v) is 6.32. The van der Waals surface area contributed by atoms with E-state index in [2.05, 4.69) is 15.7 Å². The summed E-state index contributed by atoms with van der Waals surface area (Å²) in [5.41, 5.74) is 2.72. The lowest BCUT2D eigenvalue weighted by Gasteiger charge is -2.21. The maximum absolute atomic E-state index is 13.2. The minimum absolute atomic E-state index is 0.117. The maximum atomic E-state index is 13.2. The van der Waals surface area contributed by atoms with E-state index in [1.165, 1.54) is 6.07 Å². The highest BCUT2D eigenvalue weighted by atomic mass is 16.2. The summed E-state index contributed by atoms with van der Waals surface area (Å²) in [4.78, 5) is 40.9. The van der Waals surface area contributed by atoms with E-state index in [0.29, 0.717) is 38.3 Å². The summed E-state index contributed by atoms with van der Waals surface area (Å²) < 4.78 is 1.60. The molecule has 1 atom stereocenters. The Bertz CT molecular complexity index is 1190. The van der Waals surface area contributed by atoms with Crippen molar-refractivity contribution in [3.8, 4) is 0 Å². The fraction of sp³-hybridized carbons (Fsp3) is 0.357. The van der Waals surface area contributed by atoms with Gasteiger partial charge in [0, 0.05) is 32.2 Å². The summed E-state index contributed by atoms with van der Waals surface area (Å²) in [6, 6.07) is 20.6. The summed E-state index contributed by atoms with van der Waals surface area (Å²) >= 11 is 0. The molecule has 0 aliphatic carbocycles. The standard InChI is InChI=1S/C28H33N5O3/c1-20(2)25(27(35)29-15-14-21-10-5-3-6-11-21)30-26(34)23-18-24-28(36)32(16-9-17-33(24)31-23)19-22-12-7-4-8-13-22/h3-8,10-13,18,20,25H,9,14-17,19H2,1-2H3,(H,29,35)(H,30,34). The first-order valence-electron chi connectivity index (χ1n) is 12.5. The molecule has 1 aliphatic heterocycles. The second kappa shape index (κ2) is 11.7. The van der Waals surface area contributed by atoms with Crippen LogP contribution in [0.4, 0.5) is 0 Å². The number of rotatable bonds is 9. The molecule has 0 spiro atoms. The van der Waals surface area contributed by atoms with Crippen molar-refractivity contribution in [3.63, 3.8) is 0 Å². The van der Waals surface area contributed by atoms with Crippen LogP contribution in [0.3, 0.4) is 0 Å². The van der Waals surface area contributed by atoms with Gasteiger partial charge in [0.25, 0.3) is 11.8 Å². The molecule has 0 radical (unpaired) electrons. The van der Waals surface area contributed by atoms with Gasteiger partial charge in [-0.05, 0) is 29.9 Å². The molecule has 4 rings (SSSR count). The zero-order chi connectivity index (χ0) is 25.5. The van der Waals surface area contributed by atoms with Gasteiger partial charge in [-0.2, -0.15) is 5.10 Å². The van der Waals surface area contributed by atoms with Crippen LogP contribution in [-0.2, 0) is 24.3 Å². The predicted molar refractivity (Wildman–Crippen MR) is 137 cm³/mol. The number of aryl methyl sites for hydroxylation is 1. The summed E-state index contributed by atoms with van der Waals surface area (Å²) in [5.74, 6) is -0.967. The summed E-state index contributed by atoms with van der Waals surface area (Å²) in [7, 11) is 0. The summed E-state index contributed by atoms with van der Waals surface area (Å²) in [6.45, 7) is 5.92. The highest BCUT2D eigenvalue weighted by Crippen LogP contribution is 2.17. The molecule has 8 heteroatoms. The van der Waals surface area contributed by atoms with Crippen molar-refractivity contribution in [3.05, 3.63) is 89.2 Å². The number of aromatic nitrogens is 2. The Kier molecular flexibility index (Phi) is 8.15. The van der Waals surface area contributed by atoms with Crippen molar-refractivity contribution in [1.29, 1.82) is 0 Å². The highest BCUT2D eigenvalue weighted by Gasteiger charge is 2.29. The highest BCUT2D eigenvalue weighted by molar-refractivity contribution is 5.99. The van der Waals surface area contributed by atoms with Gasteiger partial charge in [0.05, 0.1) is 0 Å². The van der Waals surface area contributed by atoms with E-state index in [0.717, 1.165) is 17.5 Å². The normalized spacial score (nSPS) is 14.2. The maximum Gasteiger partial charge on any atom is 0.272 e. The SMILES string of the molecule is CC(C)C(NC(=O)c1cc2n(n1)CCCN(Cc1ccccc1)C2=O)C(=O)NCCc1ccccc1. The summed E-state index contributed by atoms with van der Waals surface area (Å²) in [6.07, 6.45) is 1.45. The molecule has 1 aromatic heterocycles. The largest absolute Gasteiger partial charge is 0.354 e. The fourth-order valence-electron chi connectivity index (χ4n) is 4.33. The second-order valence-corrected chi connectivity index (χ2v) is 9.43. The lowest BCUT2D eigenvalue weighted by Crippen LogP contribution is -2.50. The first-order chi connectivity index (χ1) is 17.4. The van der Waals surface area contributed by atoms with Gasteiger partial charge in [0.15, 0.2) is 5.69 Å². The molecule has 1 aliphatic rings. The average molecular weight is 488 g/mol. The van der Waals surface area contributed by atoms with Crippen LogP contribution in [0, 0.1) is 5.92 Å². The molecule has 188 valence electrons. The van der Waals surface area contributed by atoms with Crippen molar-refractivity contribution < 1.29 is 14.4 Å². The third-order valence-electron chi connectivity index (χ3n) is 6.32. The van der Waals surface area contributed by atoms with E-state index >= 15 is 0 Å². The van der Waals surface area contributed by atoms with Crippen LogP contribution in [0.25, 0.3) is 0 Å². The zero-order valence-corrected chi connectivity index (χ0v) is 20.8. The van der Waals surface area contributed by atoms with Crippen LogP contribution in [-0.4, -0.2) is 51.5 Å². The molecule has 3 aromatic rings. The molecule has 3 amide bonds. The fourth-order valence-corrected chi connectivity index (χ4v) is 4.33. The van der Waals surface area contributed by atoms with E-state index in [4.69, 9.17) is 0 Å². The Morgan fingerprint density at radius 3 is 2.31 bits per heavy atom. The minimum Gasteiger partial charge on any atom is -0.354 e. The third kappa shape index (κ3) is 6.19. The van der Waals surface area contributed by atoms with Crippen LogP contribution >= 0.6 is 0 Å². The molecular formula is C28H33N5O3. The lowest BCUT2D eigenvalue weighted by molar-refractivity contribution is -0.123. The molecule has 2 aromatic carbocycles. The molecule has 36 heavy (non-hydrogen) atoms. The van der Waals surface area contributed by atoms with Crippen LogP contribution in [0.5, 0.6) is 0 Å². The predicted octanol–water partition coefficient (Wildman–Crippen LogP) is 3.04. The molecule has 2 N–H and O–H groups in total. The van der Waals surface area contributed by atoms with Crippen molar-refractivity contribution in [2.75, 3.05) is 13.1 Å². The van der Waals surface area contributed by atoms with Crippen LogP contribution in [0.2, 0.25) is 0 Å². The Labute approximate surface area is 211 Å². The number of nitrogens with zero attached hydrogens (tertiary/aromatic N) is 3. The van der Waals surface area contributed by atoms with Gasteiger partial charge >= 0.3 is 0 Å². The smallest absolute Gasteiger partial charge is 0.272 e. The molecule has 0 saturated carbocycles. The number of carbonyl (C=O) groups excluding carboxylic acids is 3. The molecule has 8 nitrogen and oxygen atoms in total. The van der Waals surface area contributed by atoms with Crippen LogP contribution in [0.15, 0.2) is 66.7 Å². The monoisotopic (exact) mass is 487 g/mol. The number of carbonyl (C=O) groups is 3. The molecule has 1 unspecified atom stereocenters. The number of amides is 3. The molecule has 2 heterocycles. The number of fused-ring (bicyclic) bond motifs is 1. The quantitative estimate of drug-likeness (QED) is 0.485. The zero-order valence-electron chi connectivity index (χ0n) is 20.8. The Morgan fingerprint density at radius 1 is 0.972 bits per heavy atom. The molecule has 0 bridgehead atoms. The van der Waals surface area contributed by atoms with Crippen LogP contribution < -0.4 is 10.6 Å². The average Bonchev–Trinajstić information content (AvgIpc) is 3.25. The van der Waals surface area contributed by atoms with E-state index in [-0.39, 0.29) is 23.4 Å². The van der Waals surface area contributed by atoms with E-state index in [1.807, 2.05) is 74.5 Å². The molecular weight excluding hydrogens is 454 g/mol. The van der Waals surface area contributed by atoms with Crippen LogP contribution in [0.1, 0.15) is 52.4 Å². The van der Waals surface area contributed by atoms with Gasteiger partial charge in [-0.25, -0.2) is 0 Å². The first-order valence-corrected chi connectivity index (χ1v) is 12.5. The number of benzene rings is 2. The van der Waals surface area contributed by atoms with Gasteiger partial charge in [-0.1, -0.05) is 74.5 Å². The van der Waals surface area contributed by atoms with Crippen molar-refractivity contribution >= 4 is 17.7 Å². The van der Waals surface area contributed by atoms with Gasteiger partial charge in [0.1, 0.15) is 11.7 Å². The lowest BCUT2D eigenvalue weighted by atomic mass is 10.0. The minimum atomic E-state index is -0.708. The summed E-state index contributed by atoms with van der Waals surface area (Å²) in [5, 5.41) is 10.1. The van der Waals surface area contributed by atoms with Crippen molar-refractivity contribution in [1.82, 2.24) is 25.3 Å². The van der Waals surface area contributed by atoms with Gasteiger partial charge in [-0.15, -0.1) is 0 Å². The van der Waals surface area contributed by atoms with Gasteiger partial charge < -0.3 is 15.5 Å².